The number of alkyl halides is 3. The zero-order valence-electron chi connectivity index (χ0n) is 10.7. The van der Waals surface area contributed by atoms with E-state index in [4.69, 9.17) is 5.73 Å². The Bertz CT molecular complexity index is 590. The van der Waals surface area contributed by atoms with Crippen molar-refractivity contribution in [1.82, 2.24) is 9.78 Å². The van der Waals surface area contributed by atoms with Crippen molar-refractivity contribution in [2.24, 2.45) is 7.05 Å². The molecule has 2 rings (SSSR count). The van der Waals surface area contributed by atoms with E-state index in [2.05, 4.69) is 5.10 Å². The third-order valence-electron chi connectivity index (χ3n) is 3.08. The maximum atomic E-state index is 12.4. The third-order valence-corrected chi connectivity index (χ3v) is 3.08. The molecule has 0 aliphatic rings. The largest absolute Gasteiger partial charge is 0.416 e. The number of benzene rings is 1. The zero-order valence-corrected chi connectivity index (χ0v) is 10.7. The number of aliphatic hydroxyl groups is 1. The maximum Gasteiger partial charge on any atom is 0.416 e. The van der Waals surface area contributed by atoms with Crippen LogP contribution < -0.4 is 5.73 Å². The standard InChI is InChI=1S/C13H14F3N3O/c1-19-12(17)10(7-18-19)11(20)6-8-2-4-9(5-3-8)13(14,15)16/h2-5,7,11,20H,6,17H2,1H3. The molecule has 2 aromatic rings. The second-order valence-electron chi connectivity index (χ2n) is 4.52. The van der Waals surface area contributed by atoms with Crippen molar-refractivity contribution >= 4 is 5.82 Å². The zero-order chi connectivity index (χ0) is 14.9. The molecule has 0 aliphatic carbocycles. The number of rotatable bonds is 3. The number of nitrogens with two attached hydrogens (primary N) is 1. The van der Waals surface area contributed by atoms with Crippen molar-refractivity contribution in [1.29, 1.82) is 0 Å². The minimum atomic E-state index is -4.36. The van der Waals surface area contributed by atoms with Gasteiger partial charge in [0.15, 0.2) is 0 Å². The van der Waals surface area contributed by atoms with E-state index in [-0.39, 0.29) is 6.42 Å². The molecular weight excluding hydrogens is 271 g/mol. The topological polar surface area (TPSA) is 64.1 Å². The molecule has 0 saturated heterocycles. The summed E-state index contributed by atoms with van der Waals surface area (Å²) in [6, 6.07) is 4.68. The Kier molecular flexibility index (Phi) is 3.71. The lowest BCUT2D eigenvalue weighted by molar-refractivity contribution is -0.137. The van der Waals surface area contributed by atoms with Crippen molar-refractivity contribution in [3.8, 4) is 0 Å². The maximum absolute atomic E-state index is 12.4. The Morgan fingerprint density at radius 1 is 1.30 bits per heavy atom. The van der Waals surface area contributed by atoms with Crippen LogP contribution in [0.15, 0.2) is 30.5 Å². The molecule has 0 aliphatic heterocycles. The number of hydrogen-bond acceptors (Lipinski definition) is 3. The molecule has 0 amide bonds. The highest BCUT2D eigenvalue weighted by Crippen LogP contribution is 2.30. The van der Waals surface area contributed by atoms with E-state index in [0.29, 0.717) is 16.9 Å². The van der Waals surface area contributed by atoms with Crippen LogP contribution in [0.25, 0.3) is 0 Å². The molecule has 1 atom stereocenters. The van der Waals surface area contributed by atoms with Gasteiger partial charge in [-0.2, -0.15) is 18.3 Å². The number of halogens is 3. The molecule has 7 heteroatoms. The van der Waals surface area contributed by atoms with E-state index in [0.717, 1.165) is 12.1 Å². The van der Waals surface area contributed by atoms with Crippen LogP contribution in [0.4, 0.5) is 19.0 Å². The van der Waals surface area contributed by atoms with Crippen LogP contribution in [0.5, 0.6) is 0 Å². The van der Waals surface area contributed by atoms with Gasteiger partial charge in [0.2, 0.25) is 0 Å². The monoisotopic (exact) mass is 285 g/mol. The summed E-state index contributed by atoms with van der Waals surface area (Å²) in [4.78, 5) is 0. The van der Waals surface area contributed by atoms with E-state index in [1.165, 1.54) is 23.0 Å². The molecule has 108 valence electrons. The molecule has 0 radical (unpaired) electrons. The van der Waals surface area contributed by atoms with Gasteiger partial charge >= 0.3 is 6.18 Å². The molecule has 1 unspecified atom stereocenters. The molecule has 3 N–H and O–H groups in total. The summed E-state index contributed by atoms with van der Waals surface area (Å²) < 4.78 is 38.7. The molecular formula is C13H14F3N3O. The second kappa shape index (κ2) is 5.16. The number of nitrogens with zero attached hydrogens (tertiary/aromatic N) is 2. The van der Waals surface area contributed by atoms with Crippen molar-refractivity contribution in [2.45, 2.75) is 18.7 Å². The number of anilines is 1. The minimum absolute atomic E-state index is 0.175. The summed E-state index contributed by atoms with van der Waals surface area (Å²) in [7, 11) is 1.64. The van der Waals surface area contributed by atoms with E-state index in [1.54, 1.807) is 7.05 Å². The number of hydrogen-bond donors (Lipinski definition) is 2. The second-order valence-corrected chi connectivity index (χ2v) is 4.52. The predicted octanol–water partition coefficient (Wildman–Crippen LogP) is 2.30. The lowest BCUT2D eigenvalue weighted by atomic mass is 10.0. The highest BCUT2D eigenvalue weighted by Gasteiger charge is 2.30. The lowest BCUT2D eigenvalue weighted by Crippen LogP contribution is -2.07. The van der Waals surface area contributed by atoms with Crippen LogP contribution in [-0.2, 0) is 19.6 Å². The third kappa shape index (κ3) is 2.93. The van der Waals surface area contributed by atoms with Gasteiger partial charge in [0.1, 0.15) is 5.82 Å². The fraction of sp³-hybridized carbons (Fsp3) is 0.308. The van der Waals surface area contributed by atoms with Gasteiger partial charge in [0, 0.05) is 19.0 Å². The Hall–Kier alpha value is -2.02. The van der Waals surface area contributed by atoms with Crippen LogP contribution in [0.2, 0.25) is 0 Å². The van der Waals surface area contributed by atoms with Gasteiger partial charge in [-0.1, -0.05) is 12.1 Å². The van der Waals surface area contributed by atoms with E-state index < -0.39 is 17.8 Å². The summed E-state index contributed by atoms with van der Waals surface area (Å²) >= 11 is 0. The predicted molar refractivity (Wildman–Crippen MR) is 67.7 cm³/mol. The molecule has 20 heavy (non-hydrogen) atoms. The first-order valence-electron chi connectivity index (χ1n) is 5.90. The molecule has 1 heterocycles. The Morgan fingerprint density at radius 3 is 2.35 bits per heavy atom. The molecule has 0 spiro atoms. The Morgan fingerprint density at radius 2 is 1.90 bits per heavy atom. The van der Waals surface area contributed by atoms with Crippen LogP contribution in [0, 0.1) is 0 Å². The first kappa shape index (κ1) is 14.4. The molecule has 1 aromatic carbocycles. The molecule has 0 fully saturated rings. The molecule has 4 nitrogen and oxygen atoms in total. The summed E-state index contributed by atoms with van der Waals surface area (Å²) in [5, 5.41) is 13.9. The smallest absolute Gasteiger partial charge is 0.388 e. The highest BCUT2D eigenvalue weighted by atomic mass is 19.4. The SMILES string of the molecule is Cn1ncc(C(O)Cc2ccc(C(F)(F)F)cc2)c1N. The molecule has 0 saturated carbocycles. The minimum Gasteiger partial charge on any atom is -0.388 e. The number of aryl methyl sites for hydroxylation is 1. The van der Waals surface area contributed by atoms with Crippen LogP contribution in [0.1, 0.15) is 22.8 Å². The first-order chi connectivity index (χ1) is 9.29. The van der Waals surface area contributed by atoms with Crippen molar-refractivity contribution in [3.63, 3.8) is 0 Å². The molecule has 1 aromatic heterocycles. The Labute approximate surface area is 113 Å². The quantitative estimate of drug-likeness (QED) is 0.909. The van der Waals surface area contributed by atoms with E-state index in [9.17, 15) is 18.3 Å². The van der Waals surface area contributed by atoms with Gasteiger partial charge in [0.05, 0.1) is 17.9 Å². The number of aliphatic hydroxyl groups excluding tert-OH is 1. The van der Waals surface area contributed by atoms with Gasteiger partial charge in [-0.05, 0) is 17.7 Å². The highest BCUT2D eigenvalue weighted by molar-refractivity contribution is 5.40. The van der Waals surface area contributed by atoms with Gasteiger partial charge in [-0.25, -0.2) is 0 Å². The average molecular weight is 285 g/mol. The summed E-state index contributed by atoms with van der Waals surface area (Å²) in [5.41, 5.74) is 6.08. The van der Waals surface area contributed by atoms with E-state index >= 15 is 0 Å². The number of aromatic nitrogens is 2. The normalized spacial score (nSPS) is 13.4. The van der Waals surface area contributed by atoms with Gasteiger partial charge in [-0.15, -0.1) is 0 Å². The Balaban J connectivity index is 2.12. The van der Waals surface area contributed by atoms with Crippen LogP contribution >= 0.6 is 0 Å². The fourth-order valence-electron chi connectivity index (χ4n) is 1.88. The van der Waals surface area contributed by atoms with Crippen molar-refractivity contribution < 1.29 is 18.3 Å². The fourth-order valence-corrected chi connectivity index (χ4v) is 1.88. The first-order valence-corrected chi connectivity index (χ1v) is 5.90. The van der Waals surface area contributed by atoms with Crippen molar-refractivity contribution in [2.75, 3.05) is 5.73 Å². The van der Waals surface area contributed by atoms with Crippen molar-refractivity contribution in [3.05, 3.63) is 47.2 Å². The van der Waals surface area contributed by atoms with Gasteiger partial charge < -0.3 is 10.8 Å². The molecule has 0 bridgehead atoms. The van der Waals surface area contributed by atoms with Crippen LogP contribution in [-0.4, -0.2) is 14.9 Å². The average Bonchev–Trinajstić information content (AvgIpc) is 2.69. The van der Waals surface area contributed by atoms with Gasteiger partial charge in [-0.3, -0.25) is 4.68 Å². The summed E-state index contributed by atoms with van der Waals surface area (Å²) in [6.07, 6.45) is -3.64. The summed E-state index contributed by atoms with van der Waals surface area (Å²) in [6.45, 7) is 0. The summed E-state index contributed by atoms with van der Waals surface area (Å²) in [5.74, 6) is 0.337. The van der Waals surface area contributed by atoms with E-state index in [1.807, 2.05) is 0 Å². The number of nitrogen functional groups attached to an aromatic ring is 1. The lowest BCUT2D eigenvalue weighted by Gasteiger charge is -2.11. The van der Waals surface area contributed by atoms with Crippen LogP contribution in [0.3, 0.4) is 0 Å². The van der Waals surface area contributed by atoms with Gasteiger partial charge in [0.25, 0.3) is 0 Å².